The molecule has 1 aromatic carbocycles. The van der Waals surface area contributed by atoms with Crippen molar-refractivity contribution in [1.82, 2.24) is 0 Å². The second kappa shape index (κ2) is 10.6. The highest BCUT2D eigenvalue weighted by Crippen LogP contribution is 2.30. The number of nitro groups is 2. The second-order valence-corrected chi connectivity index (χ2v) is 8.39. The minimum atomic E-state index is -0.647. The average molecular weight is 403 g/mol. The van der Waals surface area contributed by atoms with Gasteiger partial charge in [-0.3, -0.25) is 20.2 Å². The third-order valence-electron chi connectivity index (χ3n) is 3.61. The molecule has 1 saturated heterocycles. The van der Waals surface area contributed by atoms with Crippen molar-refractivity contribution in [2.75, 3.05) is 36.6 Å². The maximum Gasteiger partial charge on any atom is 0.299 e. The lowest BCUT2D eigenvalue weighted by Crippen LogP contribution is -2.13. The van der Waals surface area contributed by atoms with Crippen molar-refractivity contribution in [2.24, 2.45) is 5.92 Å². The van der Waals surface area contributed by atoms with Gasteiger partial charge in [0.05, 0.1) is 29.1 Å². The molecule has 1 aliphatic heterocycles. The van der Waals surface area contributed by atoms with Gasteiger partial charge < -0.3 is 14.8 Å². The number of hydrogen-bond donors (Lipinski definition) is 1. The van der Waals surface area contributed by atoms with E-state index in [1.54, 1.807) is 21.6 Å². The molecule has 26 heavy (non-hydrogen) atoms. The van der Waals surface area contributed by atoms with Crippen molar-refractivity contribution < 1.29 is 19.3 Å². The van der Waals surface area contributed by atoms with Crippen LogP contribution < -0.4 is 5.32 Å². The number of non-ortho nitro benzene ring substituents is 1. The van der Waals surface area contributed by atoms with Gasteiger partial charge in [0.2, 0.25) is 0 Å². The molecule has 1 aromatic rings. The molecule has 2 rings (SSSR count). The van der Waals surface area contributed by atoms with Gasteiger partial charge in [-0.1, -0.05) is 28.5 Å². The van der Waals surface area contributed by atoms with E-state index in [0.717, 1.165) is 24.0 Å². The second-order valence-electron chi connectivity index (χ2n) is 5.76. The van der Waals surface area contributed by atoms with E-state index in [4.69, 9.17) is 9.47 Å². The quantitative estimate of drug-likeness (QED) is 0.255. The summed E-state index contributed by atoms with van der Waals surface area (Å²) in [5, 5.41) is 24.8. The standard InChI is InChI=1S/C15H21N3O6S2/c1-11(8-15-23-5-6-24-15)10-26-25-7-4-16-13-3-2-12(17(19)20)9-14(13)18(21)22/h2-3,9,11,15-16H,4-8,10H2,1H3. The van der Waals surface area contributed by atoms with Gasteiger partial charge >= 0.3 is 0 Å². The summed E-state index contributed by atoms with van der Waals surface area (Å²) in [4.78, 5) is 20.5. The van der Waals surface area contributed by atoms with Crippen LogP contribution in [0.25, 0.3) is 0 Å². The van der Waals surface area contributed by atoms with Crippen LogP contribution in [0.2, 0.25) is 0 Å². The lowest BCUT2D eigenvalue weighted by Gasteiger charge is -2.14. The van der Waals surface area contributed by atoms with Crippen LogP contribution in [0.1, 0.15) is 13.3 Å². The minimum Gasteiger partial charge on any atom is -0.379 e. The molecule has 0 spiro atoms. The van der Waals surface area contributed by atoms with E-state index in [-0.39, 0.29) is 23.4 Å². The molecule has 0 bridgehead atoms. The summed E-state index contributed by atoms with van der Waals surface area (Å²) in [7, 11) is 3.41. The molecule has 0 aromatic heterocycles. The Kier molecular flexibility index (Phi) is 8.42. The van der Waals surface area contributed by atoms with Gasteiger partial charge in [-0.25, -0.2) is 0 Å². The van der Waals surface area contributed by atoms with Crippen molar-refractivity contribution in [3.05, 3.63) is 38.4 Å². The summed E-state index contributed by atoms with van der Waals surface area (Å²) in [6.45, 7) is 4.01. The first-order valence-corrected chi connectivity index (χ1v) is 10.6. The van der Waals surface area contributed by atoms with Gasteiger partial charge in [0.15, 0.2) is 6.29 Å². The maximum absolute atomic E-state index is 11.1. The van der Waals surface area contributed by atoms with Gasteiger partial charge in [0.25, 0.3) is 11.4 Å². The summed E-state index contributed by atoms with van der Waals surface area (Å²) in [6, 6.07) is 3.60. The molecule has 0 aliphatic carbocycles. The fraction of sp³-hybridized carbons (Fsp3) is 0.600. The fourth-order valence-electron chi connectivity index (χ4n) is 2.32. The Morgan fingerprint density at radius 2 is 1.96 bits per heavy atom. The molecule has 11 heteroatoms. The van der Waals surface area contributed by atoms with Crippen molar-refractivity contribution in [2.45, 2.75) is 19.6 Å². The molecule has 1 atom stereocenters. The van der Waals surface area contributed by atoms with E-state index in [9.17, 15) is 20.2 Å². The number of anilines is 1. The summed E-state index contributed by atoms with van der Waals surface area (Å²) in [5.74, 6) is 2.19. The molecule has 0 saturated carbocycles. The zero-order valence-corrected chi connectivity index (χ0v) is 15.9. The van der Waals surface area contributed by atoms with Gasteiger partial charge in [-0.05, 0) is 12.0 Å². The van der Waals surface area contributed by atoms with Crippen LogP contribution in [0, 0.1) is 26.1 Å². The third kappa shape index (κ3) is 6.63. The molecule has 1 heterocycles. The van der Waals surface area contributed by atoms with Crippen LogP contribution in [0.5, 0.6) is 0 Å². The highest BCUT2D eigenvalue weighted by molar-refractivity contribution is 8.76. The molecule has 1 fully saturated rings. The van der Waals surface area contributed by atoms with E-state index in [1.807, 2.05) is 0 Å². The molecule has 9 nitrogen and oxygen atoms in total. The Balaban J connectivity index is 1.67. The number of benzene rings is 1. The molecule has 0 radical (unpaired) electrons. The largest absolute Gasteiger partial charge is 0.379 e. The van der Waals surface area contributed by atoms with E-state index >= 15 is 0 Å². The summed E-state index contributed by atoms with van der Waals surface area (Å²) in [5.41, 5.74) is -0.298. The van der Waals surface area contributed by atoms with Crippen LogP contribution in [-0.4, -0.2) is 47.4 Å². The first kappa shape index (κ1) is 20.7. The molecule has 1 N–H and O–H groups in total. The Morgan fingerprint density at radius 3 is 2.62 bits per heavy atom. The first-order chi connectivity index (χ1) is 12.5. The van der Waals surface area contributed by atoms with Crippen molar-refractivity contribution in [1.29, 1.82) is 0 Å². The number of nitrogens with one attached hydrogen (secondary N) is 1. The van der Waals surface area contributed by atoms with Gasteiger partial charge in [-0.15, -0.1) is 0 Å². The highest BCUT2D eigenvalue weighted by Gasteiger charge is 2.20. The topological polar surface area (TPSA) is 117 Å². The van der Waals surface area contributed by atoms with Crippen LogP contribution in [-0.2, 0) is 9.47 Å². The predicted molar refractivity (Wildman–Crippen MR) is 103 cm³/mol. The molecular weight excluding hydrogens is 382 g/mol. The lowest BCUT2D eigenvalue weighted by molar-refractivity contribution is -0.393. The van der Waals surface area contributed by atoms with E-state index in [1.165, 1.54) is 12.1 Å². The molecule has 144 valence electrons. The van der Waals surface area contributed by atoms with E-state index in [2.05, 4.69) is 12.2 Å². The number of nitrogens with zero attached hydrogens (tertiary/aromatic N) is 2. The SMILES string of the molecule is CC(CSSCCNc1ccc([N+](=O)[O-])cc1[N+](=O)[O-])CC1OCCO1. The van der Waals surface area contributed by atoms with Gasteiger partial charge in [-0.2, -0.15) is 0 Å². The zero-order valence-electron chi connectivity index (χ0n) is 14.3. The normalized spacial score (nSPS) is 15.7. The number of nitro benzene ring substituents is 2. The van der Waals surface area contributed by atoms with Crippen LogP contribution in [0.4, 0.5) is 17.1 Å². The third-order valence-corrected chi connectivity index (χ3v) is 6.26. The van der Waals surface area contributed by atoms with Gasteiger partial charge in [0.1, 0.15) is 5.69 Å². The fourth-order valence-corrected chi connectivity index (χ4v) is 4.68. The number of hydrogen-bond acceptors (Lipinski definition) is 9. The van der Waals surface area contributed by atoms with Crippen LogP contribution >= 0.6 is 21.6 Å². The number of rotatable bonds is 11. The van der Waals surface area contributed by atoms with Crippen LogP contribution in [0.3, 0.4) is 0 Å². The number of ether oxygens (including phenoxy) is 2. The average Bonchev–Trinajstić information content (AvgIpc) is 3.10. The summed E-state index contributed by atoms with van der Waals surface area (Å²) in [6.07, 6.45) is 0.792. The predicted octanol–water partition coefficient (Wildman–Crippen LogP) is 3.70. The highest BCUT2D eigenvalue weighted by atomic mass is 33.1. The molecule has 1 unspecified atom stereocenters. The maximum atomic E-state index is 11.1. The van der Waals surface area contributed by atoms with E-state index < -0.39 is 9.85 Å². The van der Waals surface area contributed by atoms with Crippen LogP contribution in [0.15, 0.2) is 18.2 Å². The minimum absolute atomic E-state index is 0.0834. The summed E-state index contributed by atoms with van der Waals surface area (Å²) < 4.78 is 10.9. The smallest absolute Gasteiger partial charge is 0.299 e. The zero-order chi connectivity index (χ0) is 18.9. The van der Waals surface area contributed by atoms with E-state index in [0.29, 0.717) is 25.7 Å². The first-order valence-electron chi connectivity index (χ1n) is 8.11. The van der Waals surface area contributed by atoms with Crippen molar-refractivity contribution >= 4 is 38.6 Å². The Labute approximate surface area is 158 Å². The van der Waals surface area contributed by atoms with Gasteiger partial charge in [0, 0.05) is 30.5 Å². The lowest BCUT2D eigenvalue weighted by atomic mass is 10.1. The Morgan fingerprint density at radius 1 is 1.23 bits per heavy atom. The molecule has 1 aliphatic rings. The van der Waals surface area contributed by atoms with Crippen molar-refractivity contribution in [3.63, 3.8) is 0 Å². The Hall–Kier alpha value is -1.56. The monoisotopic (exact) mass is 403 g/mol. The summed E-state index contributed by atoms with van der Waals surface area (Å²) >= 11 is 0. The Bertz CT molecular complexity index is 627. The van der Waals surface area contributed by atoms with Crippen molar-refractivity contribution in [3.8, 4) is 0 Å². The molecular formula is C15H21N3O6S2. The molecule has 0 amide bonds.